The van der Waals surface area contributed by atoms with Crippen molar-refractivity contribution in [3.05, 3.63) is 45.7 Å². The number of carbonyl (C=O) groups excluding carboxylic acids is 3. The van der Waals surface area contributed by atoms with Crippen molar-refractivity contribution in [2.24, 2.45) is 0 Å². The first-order valence-corrected chi connectivity index (χ1v) is 10.0. The number of anilines is 1. The maximum Gasteiger partial charge on any atom is 0.271 e. The number of amides is 3. The Bertz CT molecular complexity index is 921. The van der Waals surface area contributed by atoms with Crippen LogP contribution in [-0.2, 0) is 9.53 Å². The number of piperidine rings is 1. The van der Waals surface area contributed by atoms with Crippen molar-refractivity contribution < 1.29 is 19.1 Å². The highest BCUT2D eigenvalue weighted by atomic mass is 35.5. The second kappa shape index (κ2) is 9.92. The summed E-state index contributed by atoms with van der Waals surface area (Å²) in [7, 11) is 1.48. The number of halogens is 2. The van der Waals surface area contributed by atoms with Gasteiger partial charge in [0.25, 0.3) is 11.8 Å². The van der Waals surface area contributed by atoms with Crippen molar-refractivity contribution in [3.63, 3.8) is 0 Å². The number of nitrogens with zero attached hydrogens (tertiary/aromatic N) is 2. The highest BCUT2D eigenvalue weighted by Crippen LogP contribution is 2.25. The fourth-order valence-electron chi connectivity index (χ4n) is 3.20. The molecule has 0 saturated carbocycles. The summed E-state index contributed by atoms with van der Waals surface area (Å²) in [4.78, 5) is 38.8. The Morgan fingerprint density at radius 1 is 1.20 bits per heavy atom. The molecule has 2 heterocycles. The highest BCUT2D eigenvalue weighted by Gasteiger charge is 2.26. The van der Waals surface area contributed by atoms with Gasteiger partial charge in [-0.1, -0.05) is 29.3 Å². The van der Waals surface area contributed by atoms with Gasteiger partial charge in [-0.3, -0.25) is 19.5 Å². The average molecular weight is 454 g/mol. The Hall–Kier alpha value is -2.62. The molecule has 2 aromatic rings. The van der Waals surface area contributed by atoms with Crippen LogP contribution in [0.25, 0.3) is 0 Å². The average Bonchev–Trinajstić information content (AvgIpc) is 3.17. The minimum absolute atomic E-state index is 0.0453. The molecule has 0 radical (unpaired) electrons. The van der Waals surface area contributed by atoms with Gasteiger partial charge >= 0.3 is 0 Å². The second-order valence-electron chi connectivity index (χ2n) is 6.77. The maximum atomic E-state index is 12.7. The quantitative estimate of drug-likeness (QED) is 0.620. The van der Waals surface area contributed by atoms with Crippen LogP contribution >= 0.6 is 23.2 Å². The van der Waals surface area contributed by atoms with E-state index < -0.39 is 11.8 Å². The van der Waals surface area contributed by atoms with Gasteiger partial charge in [-0.2, -0.15) is 5.10 Å². The van der Waals surface area contributed by atoms with E-state index in [1.54, 1.807) is 23.1 Å². The van der Waals surface area contributed by atoms with Crippen molar-refractivity contribution in [2.75, 3.05) is 32.1 Å². The molecule has 1 fully saturated rings. The van der Waals surface area contributed by atoms with E-state index in [2.05, 4.69) is 20.8 Å². The van der Waals surface area contributed by atoms with Gasteiger partial charge in [0.2, 0.25) is 5.91 Å². The van der Waals surface area contributed by atoms with Gasteiger partial charge in [0.05, 0.1) is 27.5 Å². The molecule has 0 spiro atoms. The van der Waals surface area contributed by atoms with Crippen LogP contribution in [0.5, 0.6) is 0 Å². The van der Waals surface area contributed by atoms with Crippen molar-refractivity contribution in [3.8, 4) is 0 Å². The molecule has 0 aliphatic carbocycles. The van der Waals surface area contributed by atoms with Gasteiger partial charge in [-0.15, -0.1) is 0 Å². The topological polar surface area (TPSA) is 116 Å². The lowest BCUT2D eigenvalue weighted by molar-refractivity contribution is -0.136. The fourth-order valence-corrected chi connectivity index (χ4v) is 3.77. The van der Waals surface area contributed by atoms with Gasteiger partial charge in [-0.25, -0.2) is 0 Å². The molecule has 3 amide bonds. The van der Waals surface area contributed by atoms with Gasteiger partial charge in [0.1, 0.15) is 12.3 Å². The first-order chi connectivity index (χ1) is 14.4. The van der Waals surface area contributed by atoms with Crippen LogP contribution in [0.15, 0.2) is 24.4 Å². The molecule has 1 aliphatic rings. The Kier molecular flexibility index (Phi) is 7.30. The van der Waals surface area contributed by atoms with Gasteiger partial charge < -0.3 is 20.3 Å². The van der Waals surface area contributed by atoms with E-state index in [9.17, 15) is 14.4 Å². The molecule has 0 unspecified atom stereocenters. The van der Waals surface area contributed by atoms with Gasteiger partial charge in [0, 0.05) is 26.2 Å². The lowest BCUT2D eigenvalue weighted by atomic mass is 10.0. The Labute approximate surface area is 183 Å². The van der Waals surface area contributed by atoms with E-state index in [-0.39, 0.29) is 45.5 Å². The van der Waals surface area contributed by atoms with Crippen molar-refractivity contribution in [2.45, 2.75) is 18.9 Å². The molecule has 1 aromatic carbocycles. The summed E-state index contributed by atoms with van der Waals surface area (Å²) in [6.07, 6.45) is 2.57. The molecular formula is C19H21Cl2N5O4. The first kappa shape index (κ1) is 22.1. The van der Waals surface area contributed by atoms with Crippen molar-refractivity contribution in [1.29, 1.82) is 0 Å². The van der Waals surface area contributed by atoms with E-state index >= 15 is 0 Å². The molecule has 30 heavy (non-hydrogen) atoms. The van der Waals surface area contributed by atoms with Crippen molar-refractivity contribution >= 4 is 46.6 Å². The molecule has 9 nitrogen and oxygen atoms in total. The molecule has 0 atom stereocenters. The summed E-state index contributed by atoms with van der Waals surface area (Å²) in [5, 5.41) is 12.4. The number of ether oxygens (including phenoxy) is 1. The number of carbonyl (C=O) groups is 3. The third kappa shape index (κ3) is 5.10. The van der Waals surface area contributed by atoms with E-state index in [0.29, 0.717) is 25.9 Å². The zero-order valence-electron chi connectivity index (χ0n) is 16.2. The van der Waals surface area contributed by atoms with E-state index in [1.807, 2.05) is 0 Å². The van der Waals surface area contributed by atoms with Crippen molar-refractivity contribution in [1.82, 2.24) is 20.4 Å². The fraction of sp³-hybridized carbons (Fsp3) is 0.368. The number of hydrogen-bond donors (Lipinski definition) is 3. The smallest absolute Gasteiger partial charge is 0.271 e. The number of H-pyrrole nitrogens is 1. The number of likely N-dealkylation sites (tertiary alicyclic amines) is 1. The molecule has 1 aromatic heterocycles. The molecule has 1 saturated heterocycles. The second-order valence-corrected chi connectivity index (χ2v) is 7.59. The normalized spacial score (nSPS) is 14.4. The van der Waals surface area contributed by atoms with E-state index in [0.717, 1.165) is 0 Å². The van der Waals surface area contributed by atoms with Crippen LogP contribution in [0.3, 0.4) is 0 Å². The first-order valence-electron chi connectivity index (χ1n) is 9.27. The Balaban J connectivity index is 1.61. The predicted octanol–water partition coefficient (Wildman–Crippen LogP) is 2.34. The van der Waals surface area contributed by atoms with Gasteiger partial charge in [0.15, 0.2) is 0 Å². The number of nitrogens with one attached hydrogen (secondary N) is 3. The van der Waals surface area contributed by atoms with Crippen LogP contribution in [0, 0.1) is 0 Å². The molecule has 160 valence electrons. The lowest BCUT2D eigenvalue weighted by Crippen LogP contribution is -2.47. The number of benzene rings is 1. The molecule has 11 heteroatoms. The molecular weight excluding hydrogens is 433 g/mol. The minimum atomic E-state index is -0.550. The Morgan fingerprint density at radius 2 is 1.87 bits per heavy atom. The van der Waals surface area contributed by atoms with Crippen LogP contribution in [0.2, 0.25) is 10.0 Å². The monoisotopic (exact) mass is 453 g/mol. The number of aromatic amines is 1. The predicted molar refractivity (Wildman–Crippen MR) is 112 cm³/mol. The number of aromatic nitrogens is 2. The largest absolute Gasteiger partial charge is 0.375 e. The molecule has 3 rings (SSSR count). The molecule has 3 N–H and O–H groups in total. The summed E-state index contributed by atoms with van der Waals surface area (Å²) in [6, 6.07) is 4.63. The molecule has 1 aliphatic heterocycles. The summed E-state index contributed by atoms with van der Waals surface area (Å²) >= 11 is 12.1. The SMILES string of the molecule is COCC(=O)N1CCC(NC(=O)c2[nH]ncc2NC(=O)c2c(Cl)cccc2Cl)CC1. The van der Waals surface area contributed by atoms with Gasteiger partial charge in [-0.05, 0) is 25.0 Å². The third-order valence-electron chi connectivity index (χ3n) is 4.76. The summed E-state index contributed by atoms with van der Waals surface area (Å²) < 4.78 is 4.87. The van der Waals surface area contributed by atoms with Crippen LogP contribution in [0.1, 0.15) is 33.7 Å². The summed E-state index contributed by atoms with van der Waals surface area (Å²) in [6.45, 7) is 1.11. The summed E-state index contributed by atoms with van der Waals surface area (Å²) in [5.74, 6) is -1.03. The lowest BCUT2D eigenvalue weighted by Gasteiger charge is -2.32. The maximum absolute atomic E-state index is 12.7. The van der Waals surface area contributed by atoms with E-state index in [4.69, 9.17) is 27.9 Å². The minimum Gasteiger partial charge on any atom is -0.375 e. The third-order valence-corrected chi connectivity index (χ3v) is 5.39. The number of hydrogen-bond acceptors (Lipinski definition) is 5. The van der Waals surface area contributed by atoms with Crippen LogP contribution in [0.4, 0.5) is 5.69 Å². The summed E-state index contributed by atoms with van der Waals surface area (Å²) in [5.41, 5.74) is 0.437. The number of rotatable bonds is 6. The zero-order valence-corrected chi connectivity index (χ0v) is 17.7. The highest BCUT2D eigenvalue weighted by molar-refractivity contribution is 6.40. The van der Waals surface area contributed by atoms with Crippen LogP contribution < -0.4 is 10.6 Å². The van der Waals surface area contributed by atoms with E-state index in [1.165, 1.54) is 13.3 Å². The zero-order chi connectivity index (χ0) is 21.7. The molecule has 0 bridgehead atoms. The Morgan fingerprint density at radius 3 is 2.50 bits per heavy atom. The number of methoxy groups -OCH3 is 1. The van der Waals surface area contributed by atoms with Crippen LogP contribution in [-0.4, -0.2) is 65.7 Å². The standard InChI is InChI=1S/C19H21Cl2N5O4/c1-30-10-15(27)26-7-5-11(6-8-26)23-19(29)17-14(9-22-25-17)24-18(28)16-12(20)3-2-4-13(16)21/h2-4,9,11H,5-8,10H2,1H3,(H,22,25)(H,23,29)(H,24,28).